The molecule has 0 saturated heterocycles. The molecular formula is C18H14N4O2. The van der Waals surface area contributed by atoms with Crippen molar-refractivity contribution in [3.05, 3.63) is 51.6 Å². The van der Waals surface area contributed by atoms with E-state index in [0.717, 1.165) is 32.8 Å². The van der Waals surface area contributed by atoms with E-state index in [2.05, 4.69) is 15.0 Å². The number of aliphatic hydroxyl groups excluding tert-OH is 1. The Morgan fingerprint density at radius 1 is 1.25 bits per heavy atom. The predicted octanol–water partition coefficient (Wildman–Crippen LogP) is 1.59. The second-order valence-electron chi connectivity index (χ2n) is 6.14. The summed E-state index contributed by atoms with van der Waals surface area (Å²) >= 11 is 0. The lowest BCUT2D eigenvalue weighted by molar-refractivity contribution is 0.165. The number of rotatable bonds is 0. The minimum Gasteiger partial charge on any atom is -0.395 e. The van der Waals surface area contributed by atoms with Crippen molar-refractivity contribution in [3.8, 4) is 0 Å². The number of nitrogen functional groups attached to an aromatic ring is 1. The Kier molecular flexibility index (Phi) is 2.53. The van der Waals surface area contributed by atoms with Gasteiger partial charge in [-0.3, -0.25) is 9.79 Å². The predicted molar refractivity (Wildman–Crippen MR) is 93.0 cm³/mol. The highest BCUT2D eigenvalue weighted by Crippen LogP contribution is 2.35. The lowest BCUT2D eigenvalue weighted by Gasteiger charge is -2.20. The lowest BCUT2D eigenvalue weighted by atomic mass is 9.94. The van der Waals surface area contributed by atoms with Gasteiger partial charge in [-0.15, -0.1) is 0 Å². The number of aromatic amines is 1. The molecule has 3 heterocycles. The van der Waals surface area contributed by atoms with Gasteiger partial charge in [0.15, 0.2) is 5.43 Å². The number of nitrogens with two attached hydrogens (primary N) is 1. The standard InChI is InChI=1S/C18H14N4O2/c19-15-17-14(12(24)4-6-21-17)16-13-9(3-5-20-16)10-7-8(23)1-2-11(10)22-18(13)15/h1-3,5,7,12,20,24H,4,6,19H2. The monoisotopic (exact) mass is 318 g/mol. The molecule has 0 radical (unpaired) electrons. The Bertz CT molecular complexity index is 1260. The fourth-order valence-electron chi connectivity index (χ4n) is 3.69. The number of hydrogen-bond donors (Lipinski definition) is 3. The molecule has 0 spiro atoms. The van der Waals surface area contributed by atoms with Crippen LogP contribution in [0.2, 0.25) is 0 Å². The Hall–Kier alpha value is -2.99. The smallest absolute Gasteiger partial charge is 0.179 e. The van der Waals surface area contributed by atoms with Crippen LogP contribution in [0.15, 0.2) is 40.2 Å². The number of nitrogens with one attached hydrogen (secondary N) is 1. The summed E-state index contributed by atoms with van der Waals surface area (Å²) in [4.78, 5) is 24.2. The first-order valence-electron chi connectivity index (χ1n) is 7.83. The van der Waals surface area contributed by atoms with Gasteiger partial charge in [-0.2, -0.15) is 0 Å². The first-order chi connectivity index (χ1) is 11.6. The SMILES string of the molecule is Nc1c2c(c3[nH]ccc4c5cc(=O)ccc5nc1c34)C(O)CCN=2. The molecular weight excluding hydrogens is 304 g/mol. The van der Waals surface area contributed by atoms with Crippen molar-refractivity contribution in [2.75, 3.05) is 12.3 Å². The van der Waals surface area contributed by atoms with Gasteiger partial charge in [0.25, 0.3) is 0 Å². The molecule has 1 aliphatic heterocycles. The topological polar surface area (TPSA) is 104 Å². The summed E-state index contributed by atoms with van der Waals surface area (Å²) in [7, 11) is 0. The highest BCUT2D eigenvalue weighted by molar-refractivity contribution is 6.20. The summed E-state index contributed by atoms with van der Waals surface area (Å²) in [5.41, 5.74) is 9.65. The Morgan fingerprint density at radius 2 is 2.12 bits per heavy atom. The number of benzene rings is 2. The number of H-pyrrole nitrogens is 1. The number of hydrogen-bond acceptors (Lipinski definition) is 5. The van der Waals surface area contributed by atoms with Gasteiger partial charge in [-0.05, 0) is 36.1 Å². The van der Waals surface area contributed by atoms with Crippen LogP contribution in [-0.2, 0) is 0 Å². The van der Waals surface area contributed by atoms with E-state index in [1.54, 1.807) is 12.1 Å². The first-order valence-corrected chi connectivity index (χ1v) is 7.83. The highest BCUT2D eigenvalue weighted by Gasteiger charge is 2.23. The van der Waals surface area contributed by atoms with Crippen molar-refractivity contribution in [1.29, 1.82) is 0 Å². The van der Waals surface area contributed by atoms with Crippen molar-refractivity contribution < 1.29 is 5.11 Å². The number of pyridine rings is 2. The number of aromatic nitrogens is 2. The van der Waals surface area contributed by atoms with Crippen molar-refractivity contribution in [3.63, 3.8) is 0 Å². The zero-order chi connectivity index (χ0) is 16.4. The van der Waals surface area contributed by atoms with Gasteiger partial charge in [0, 0.05) is 29.1 Å². The maximum atomic E-state index is 11.8. The second kappa shape index (κ2) is 4.52. The summed E-state index contributed by atoms with van der Waals surface area (Å²) < 4.78 is 0. The summed E-state index contributed by atoms with van der Waals surface area (Å²) in [5, 5.41) is 13.6. The molecule has 2 aromatic carbocycles. The van der Waals surface area contributed by atoms with Crippen LogP contribution >= 0.6 is 0 Å². The quantitative estimate of drug-likeness (QED) is 0.260. The van der Waals surface area contributed by atoms with E-state index < -0.39 is 6.10 Å². The molecule has 0 aliphatic carbocycles. The third kappa shape index (κ3) is 1.60. The normalized spacial score (nSPS) is 17.3. The van der Waals surface area contributed by atoms with Crippen LogP contribution < -0.4 is 16.5 Å². The molecule has 0 fully saturated rings. The first kappa shape index (κ1) is 13.4. The molecule has 6 heteroatoms. The third-order valence-electron chi connectivity index (χ3n) is 4.76. The Morgan fingerprint density at radius 3 is 3.00 bits per heavy atom. The van der Waals surface area contributed by atoms with E-state index >= 15 is 0 Å². The van der Waals surface area contributed by atoms with Crippen LogP contribution in [0.3, 0.4) is 0 Å². The number of nitrogens with zero attached hydrogens (tertiary/aromatic N) is 2. The summed E-state index contributed by atoms with van der Waals surface area (Å²) in [6, 6.07) is 6.72. The van der Waals surface area contributed by atoms with Gasteiger partial charge in [0.2, 0.25) is 0 Å². The maximum absolute atomic E-state index is 11.8. The minimum atomic E-state index is -0.618. The van der Waals surface area contributed by atoms with Crippen molar-refractivity contribution >= 4 is 38.4 Å². The number of aliphatic hydroxyl groups is 1. The van der Waals surface area contributed by atoms with Gasteiger partial charge in [-0.1, -0.05) is 0 Å². The zero-order valence-electron chi connectivity index (χ0n) is 12.7. The highest BCUT2D eigenvalue weighted by atomic mass is 16.3. The fraction of sp³-hybridized carbons (Fsp3) is 0.167. The summed E-state index contributed by atoms with van der Waals surface area (Å²) in [6.07, 6.45) is 1.76. The molecule has 2 aromatic heterocycles. The van der Waals surface area contributed by atoms with Gasteiger partial charge in [0.1, 0.15) is 0 Å². The molecule has 5 rings (SSSR count). The fourth-order valence-corrected chi connectivity index (χ4v) is 3.69. The van der Waals surface area contributed by atoms with Crippen LogP contribution in [0.25, 0.3) is 32.7 Å². The van der Waals surface area contributed by atoms with Crippen molar-refractivity contribution in [2.24, 2.45) is 4.99 Å². The van der Waals surface area contributed by atoms with Crippen LogP contribution in [0.1, 0.15) is 18.1 Å². The van der Waals surface area contributed by atoms with E-state index in [-0.39, 0.29) is 5.43 Å². The molecule has 118 valence electrons. The molecule has 0 bridgehead atoms. The Labute approximate surface area is 135 Å². The van der Waals surface area contributed by atoms with Gasteiger partial charge >= 0.3 is 0 Å². The molecule has 24 heavy (non-hydrogen) atoms. The van der Waals surface area contributed by atoms with Gasteiger partial charge < -0.3 is 15.8 Å². The van der Waals surface area contributed by atoms with E-state index in [4.69, 9.17) is 5.73 Å². The molecule has 1 aliphatic rings. The molecule has 0 amide bonds. The van der Waals surface area contributed by atoms with Gasteiger partial charge in [0.05, 0.1) is 33.7 Å². The van der Waals surface area contributed by atoms with E-state index in [9.17, 15) is 9.90 Å². The van der Waals surface area contributed by atoms with Crippen LogP contribution in [0, 0.1) is 0 Å². The molecule has 4 N–H and O–H groups in total. The maximum Gasteiger partial charge on any atom is 0.179 e. The summed E-state index contributed by atoms with van der Waals surface area (Å²) in [5.74, 6) is 0. The third-order valence-corrected chi connectivity index (χ3v) is 4.76. The number of fused-ring (bicyclic) bond motifs is 4. The van der Waals surface area contributed by atoms with Crippen molar-refractivity contribution in [2.45, 2.75) is 12.5 Å². The van der Waals surface area contributed by atoms with Crippen molar-refractivity contribution in [1.82, 2.24) is 9.97 Å². The van der Waals surface area contributed by atoms with E-state index in [1.807, 2.05) is 12.3 Å². The Balaban J connectivity index is 2.16. The number of anilines is 1. The van der Waals surface area contributed by atoms with Crippen LogP contribution in [-0.4, -0.2) is 21.6 Å². The zero-order valence-corrected chi connectivity index (χ0v) is 12.7. The lowest BCUT2D eigenvalue weighted by Crippen LogP contribution is -2.25. The van der Waals surface area contributed by atoms with E-state index in [1.165, 1.54) is 6.07 Å². The molecule has 4 aromatic rings. The molecule has 0 saturated carbocycles. The average molecular weight is 318 g/mol. The minimum absolute atomic E-state index is 0.0608. The van der Waals surface area contributed by atoms with Gasteiger partial charge in [-0.25, -0.2) is 4.98 Å². The molecule has 6 nitrogen and oxygen atoms in total. The summed E-state index contributed by atoms with van der Waals surface area (Å²) in [6.45, 7) is 0.541. The van der Waals surface area contributed by atoms with E-state index in [0.29, 0.717) is 29.5 Å². The van der Waals surface area contributed by atoms with Crippen LogP contribution in [0.5, 0.6) is 0 Å². The second-order valence-corrected chi connectivity index (χ2v) is 6.14. The molecule has 1 atom stereocenters. The molecule has 1 unspecified atom stereocenters. The average Bonchev–Trinajstić information content (AvgIpc) is 2.59. The van der Waals surface area contributed by atoms with Crippen LogP contribution in [0.4, 0.5) is 5.69 Å². The largest absolute Gasteiger partial charge is 0.395 e.